The molecule has 7 heteroatoms. The average Bonchev–Trinajstić information content (AvgIpc) is 2.60. The van der Waals surface area contributed by atoms with Crippen molar-refractivity contribution in [2.75, 3.05) is 17.3 Å². The molecule has 1 N–H and O–H groups in total. The molecule has 1 amide bonds. The number of carbonyl (C=O) groups excluding carboxylic acids is 1. The first-order valence-corrected chi connectivity index (χ1v) is 10.9. The van der Waals surface area contributed by atoms with Gasteiger partial charge in [0.15, 0.2) is 0 Å². The summed E-state index contributed by atoms with van der Waals surface area (Å²) < 4.78 is 5.84. The van der Waals surface area contributed by atoms with Crippen molar-refractivity contribution in [1.82, 2.24) is 5.43 Å². The van der Waals surface area contributed by atoms with Gasteiger partial charge in [0.05, 0.1) is 12.0 Å². The highest BCUT2D eigenvalue weighted by molar-refractivity contribution is 8.00. The zero-order valence-electron chi connectivity index (χ0n) is 14.1. The van der Waals surface area contributed by atoms with E-state index in [-0.39, 0.29) is 5.91 Å². The number of hydrogen-bond acceptors (Lipinski definition) is 5. The topological polar surface area (TPSA) is 50.7 Å². The largest absolute Gasteiger partial charge is 0.489 e. The molecule has 0 bridgehead atoms. The third-order valence-electron chi connectivity index (χ3n) is 3.59. The van der Waals surface area contributed by atoms with E-state index in [9.17, 15) is 4.79 Å². The predicted molar refractivity (Wildman–Crippen MR) is 112 cm³/mol. The van der Waals surface area contributed by atoms with E-state index in [1.54, 1.807) is 6.21 Å². The number of thioether (sulfide) groups is 2. The first-order chi connectivity index (χ1) is 12.7. The summed E-state index contributed by atoms with van der Waals surface area (Å²) in [6.45, 7) is 0. The highest BCUT2D eigenvalue weighted by atomic mass is 35.5. The number of carbonyl (C=O) groups is 1. The second-order valence-electron chi connectivity index (χ2n) is 5.76. The van der Waals surface area contributed by atoms with Crippen molar-refractivity contribution in [2.24, 2.45) is 5.10 Å². The Morgan fingerprint density at radius 1 is 1.31 bits per heavy atom. The molecular weight excluding hydrogens is 388 g/mol. The van der Waals surface area contributed by atoms with E-state index in [2.05, 4.69) is 10.5 Å². The first kappa shape index (κ1) is 19.1. The van der Waals surface area contributed by atoms with Gasteiger partial charge in [-0.2, -0.15) is 16.9 Å². The van der Waals surface area contributed by atoms with Gasteiger partial charge in [0, 0.05) is 22.3 Å². The fraction of sp³-hybridized carbons (Fsp3) is 0.263. The van der Waals surface area contributed by atoms with Crippen molar-refractivity contribution >= 4 is 47.2 Å². The molecule has 0 unspecified atom stereocenters. The highest BCUT2D eigenvalue weighted by Gasteiger charge is 2.19. The molecule has 0 spiro atoms. The number of halogens is 1. The van der Waals surface area contributed by atoms with Crippen LogP contribution in [0.5, 0.6) is 5.75 Å². The molecule has 0 aliphatic carbocycles. The lowest BCUT2D eigenvalue weighted by atomic mass is 10.2. The van der Waals surface area contributed by atoms with Crippen molar-refractivity contribution in [2.45, 2.75) is 11.9 Å². The van der Waals surface area contributed by atoms with E-state index in [1.807, 2.05) is 60.3 Å². The van der Waals surface area contributed by atoms with Crippen molar-refractivity contribution < 1.29 is 9.53 Å². The minimum atomic E-state index is -0.126. The van der Waals surface area contributed by atoms with Gasteiger partial charge in [-0.15, -0.1) is 11.8 Å². The Hall–Kier alpha value is -1.63. The Morgan fingerprint density at radius 3 is 2.85 bits per heavy atom. The molecule has 1 saturated heterocycles. The van der Waals surface area contributed by atoms with E-state index < -0.39 is 0 Å². The van der Waals surface area contributed by atoms with Crippen molar-refractivity contribution in [1.29, 1.82) is 0 Å². The van der Waals surface area contributed by atoms with Gasteiger partial charge in [0.2, 0.25) is 5.91 Å². The molecule has 2 aromatic carbocycles. The summed E-state index contributed by atoms with van der Waals surface area (Å²) in [6.07, 6.45) is 1.94. The molecule has 1 fully saturated rings. The molecule has 0 saturated carbocycles. The zero-order valence-corrected chi connectivity index (χ0v) is 16.4. The fourth-order valence-electron chi connectivity index (χ4n) is 2.20. The molecule has 4 nitrogen and oxygen atoms in total. The summed E-state index contributed by atoms with van der Waals surface area (Å²) in [7, 11) is 0. The van der Waals surface area contributed by atoms with Gasteiger partial charge >= 0.3 is 0 Å². The fourth-order valence-corrected chi connectivity index (χ4v) is 3.67. The number of ether oxygens (including phenoxy) is 1. The zero-order chi connectivity index (χ0) is 18.2. The lowest BCUT2D eigenvalue weighted by Gasteiger charge is -2.25. The predicted octanol–water partition coefficient (Wildman–Crippen LogP) is 4.22. The second-order valence-corrected chi connectivity index (χ2v) is 8.26. The molecule has 136 valence electrons. The molecule has 0 radical (unpaired) electrons. The Balaban J connectivity index is 1.39. The maximum Gasteiger partial charge on any atom is 0.250 e. The van der Waals surface area contributed by atoms with E-state index in [0.29, 0.717) is 16.9 Å². The number of amides is 1. The SMILES string of the molecule is O=C(CSCc1ccc(Cl)cc1)N/N=C\c1cccc(OC2CSC2)c1. The summed E-state index contributed by atoms with van der Waals surface area (Å²) >= 11 is 9.27. The number of hydrazone groups is 1. The van der Waals surface area contributed by atoms with Crippen molar-refractivity contribution in [3.63, 3.8) is 0 Å². The maximum absolute atomic E-state index is 11.8. The van der Waals surface area contributed by atoms with Crippen LogP contribution in [0.1, 0.15) is 11.1 Å². The summed E-state index contributed by atoms with van der Waals surface area (Å²) in [5.74, 6) is 3.91. The van der Waals surface area contributed by atoms with Crippen molar-refractivity contribution in [3.05, 3.63) is 64.7 Å². The number of benzene rings is 2. The smallest absolute Gasteiger partial charge is 0.250 e. The molecule has 1 heterocycles. The normalized spacial score (nSPS) is 14.2. The van der Waals surface area contributed by atoms with Gasteiger partial charge in [-0.1, -0.05) is 35.9 Å². The summed E-state index contributed by atoms with van der Waals surface area (Å²) in [5, 5.41) is 4.73. The molecule has 3 rings (SSSR count). The van der Waals surface area contributed by atoms with Gasteiger partial charge < -0.3 is 4.74 Å². The lowest BCUT2D eigenvalue weighted by Crippen LogP contribution is -2.31. The van der Waals surface area contributed by atoms with Crippen LogP contribution in [-0.4, -0.2) is 35.5 Å². The van der Waals surface area contributed by atoms with E-state index in [0.717, 1.165) is 34.1 Å². The summed E-state index contributed by atoms with van der Waals surface area (Å²) in [5.41, 5.74) is 4.58. The van der Waals surface area contributed by atoms with Crippen LogP contribution in [0.3, 0.4) is 0 Å². The van der Waals surface area contributed by atoms with Crippen LogP contribution >= 0.6 is 35.1 Å². The Kier molecular flexibility index (Phi) is 7.29. The molecule has 2 aromatic rings. The highest BCUT2D eigenvalue weighted by Crippen LogP contribution is 2.24. The van der Waals surface area contributed by atoms with Crippen LogP contribution in [0, 0.1) is 0 Å². The standard InChI is InChI=1S/C19H19ClN2O2S2/c20-16-6-4-14(5-7-16)10-25-13-19(23)22-21-9-15-2-1-3-17(8-15)24-18-11-26-12-18/h1-9,18H,10-13H2,(H,22,23)/b21-9-. The molecule has 0 atom stereocenters. The van der Waals surface area contributed by atoms with Crippen LogP contribution < -0.4 is 10.2 Å². The van der Waals surface area contributed by atoms with Crippen molar-refractivity contribution in [3.8, 4) is 5.75 Å². The van der Waals surface area contributed by atoms with E-state index in [1.165, 1.54) is 11.8 Å². The third-order valence-corrected chi connectivity index (χ3v) is 6.06. The first-order valence-electron chi connectivity index (χ1n) is 8.17. The maximum atomic E-state index is 11.8. The molecule has 1 aliphatic heterocycles. The summed E-state index contributed by atoms with van der Waals surface area (Å²) in [4.78, 5) is 11.8. The molecular formula is C19H19ClN2O2S2. The van der Waals surface area contributed by atoms with Gasteiger partial charge in [0.1, 0.15) is 11.9 Å². The molecule has 0 aromatic heterocycles. The van der Waals surface area contributed by atoms with Gasteiger partial charge in [0.25, 0.3) is 0 Å². The second kappa shape index (κ2) is 9.90. The van der Waals surface area contributed by atoms with Crippen LogP contribution in [-0.2, 0) is 10.5 Å². The van der Waals surface area contributed by atoms with Crippen LogP contribution in [0.15, 0.2) is 53.6 Å². The number of hydrogen-bond donors (Lipinski definition) is 1. The number of nitrogens with zero attached hydrogens (tertiary/aromatic N) is 1. The average molecular weight is 407 g/mol. The monoisotopic (exact) mass is 406 g/mol. The van der Waals surface area contributed by atoms with Crippen LogP contribution in [0.4, 0.5) is 0 Å². The minimum Gasteiger partial charge on any atom is -0.489 e. The number of nitrogens with one attached hydrogen (secondary N) is 1. The van der Waals surface area contributed by atoms with E-state index in [4.69, 9.17) is 16.3 Å². The molecule has 26 heavy (non-hydrogen) atoms. The Labute approximate surface area is 166 Å². The van der Waals surface area contributed by atoms with Crippen LogP contribution in [0.2, 0.25) is 5.02 Å². The molecule has 1 aliphatic rings. The minimum absolute atomic E-state index is 0.126. The Morgan fingerprint density at radius 2 is 2.12 bits per heavy atom. The third kappa shape index (κ3) is 6.27. The van der Waals surface area contributed by atoms with Crippen LogP contribution in [0.25, 0.3) is 0 Å². The number of rotatable bonds is 8. The quantitative estimate of drug-likeness (QED) is 0.526. The van der Waals surface area contributed by atoms with Gasteiger partial charge in [-0.25, -0.2) is 5.43 Å². The van der Waals surface area contributed by atoms with Gasteiger partial charge in [-0.3, -0.25) is 4.79 Å². The Bertz CT molecular complexity index is 764. The summed E-state index contributed by atoms with van der Waals surface area (Å²) in [6, 6.07) is 15.3. The van der Waals surface area contributed by atoms with Gasteiger partial charge in [-0.05, 0) is 35.4 Å². The lowest BCUT2D eigenvalue weighted by molar-refractivity contribution is -0.118. The van der Waals surface area contributed by atoms with E-state index >= 15 is 0 Å².